The van der Waals surface area contributed by atoms with Crippen LogP contribution in [0.2, 0.25) is 0 Å². The molecule has 256 valence electrons. The fourth-order valence-corrected chi connectivity index (χ4v) is 8.10. The van der Waals surface area contributed by atoms with Gasteiger partial charge in [-0.25, -0.2) is 0 Å². The van der Waals surface area contributed by atoms with Gasteiger partial charge in [0.2, 0.25) is 0 Å². The van der Waals surface area contributed by atoms with Crippen LogP contribution in [-0.2, 0) is 0 Å². The lowest BCUT2D eigenvalue weighted by Crippen LogP contribution is -2.00. The van der Waals surface area contributed by atoms with E-state index in [0.29, 0.717) is 0 Å². The maximum Gasteiger partial charge on any atom is 0.145 e. The molecule has 53 heavy (non-hydrogen) atoms. The van der Waals surface area contributed by atoms with Gasteiger partial charge in [-0.3, -0.25) is 0 Å². The second-order valence-electron chi connectivity index (χ2n) is 13.5. The summed E-state index contributed by atoms with van der Waals surface area (Å²) in [6.07, 6.45) is 0. The van der Waals surface area contributed by atoms with Crippen molar-refractivity contribution in [3.8, 4) is 39.1 Å². The van der Waals surface area contributed by atoms with E-state index < -0.39 is 0 Å². The van der Waals surface area contributed by atoms with Crippen LogP contribution in [0, 0.1) is 20.8 Å². The van der Waals surface area contributed by atoms with Crippen molar-refractivity contribution in [1.29, 1.82) is 0 Å². The molecule has 0 radical (unpaired) electrons. The Bertz CT molecular complexity index is 2640. The second-order valence-corrected chi connectivity index (χ2v) is 14.3. The van der Waals surface area contributed by atoms with E-state index in [1.54, 1.807) is 0 Å². The van der Waals surface area contributed by atoms with Gasteiger partial charge < -0.3 is 4.18 Å². The minimum absolute atomic E-state index is 0.936. The lowest BCUT2D eigenvalue weighted by molar-refractivity contribution is 0.643. The number of aryl methyl sites for hydroxylation is 3. The van der Waals surface area contributed by atoms with Crippen LogP contribution < -0.4 is 4.18 Å². The molecule has 0 amide bonds. The van der Waals surface area contributed by atoms with Crippen molar-refractivity contribution in [2.75, 3.05) is 0 Å². The normalized spacial score (nSPS) is 11.4. The molecule has 10 rings (SSSR count). The number of hydrogen-bond donors (Lipinski definition) is 0. The Hall–Kier alpha value is -6.09. The molecule has 9 aromatic carbocycles. The lowest BCUT2D eigenvalue weighted by Gasteiger charge is -2.23. The van der Waals surface area contributed by atoms with Crippen LogP contribution in [0.15, 0.2) is 193 Å². The third-order valence-corrected chi connectivity index (χ3v) is 10.7. The van der Waals surface area contributed by atoms with Gasteiger partial charge in [0.15, 0.2) is 0 Å². The molecule has 0 aromatic heterocycles. The highest BCUT2D eigenvalue weighted by Crippen LogP contribution is 2.49. The Morgan fingerprint density at radius 3 is 1.47 bits per heavy atom. The third kappa shape index (κ3) is 7.07. The van der Waals surface area contributed by atoms with Crippen molar-refractivity contribution in [3.05, 3.63) is 205 Å². The SMILES string of the molecule is Cc1ccc(-c2ccc3c4ccccc4c4ccccc4c3c2)c2c1-c1ccccc1OS2.Cc1ccc(-c2ccccc2)cc1.Cc1ccccc1. The molecule has 0 fully saturated rings. The number of fused-ring (bicyclic) bond motifs is 9. The fourth-order valence-electron chi connectivity index (χ4n) is 7.15. The molecule has 0 spiro atoms. The maximum atomic E-state index is 6.10. The first-order chi connectivity index (χ1) is 26.0. The molecule has 0 aliphatic carbocycles. The summed E-state index contributed by atoms with van der Waals surface area (Å²) in [5.74, 6) is 0.936. The topological polar surface area (TPSA) is 9.23 Å². The lowest BCUT2D eigenvalue weighted by atomic mass is 9.90. The molecule has 0 unspecified atom stereocenters. The average molecular weight is 701 g/mol. The molecule has 0 bridgehead atoms. The van der Waals surface area contributed by atoms with Gasteiger partial charge in [-0.2, -0.15) is 0 Å². The summed E-state index contributed by atoms with van der Waals surface area (Å²) >= 11 is 1.48. The molecule has 2 heteroatoms. The predicted molar refractivity (Wildman–Crippen MR) is 229 cm³/mol. The first kappa shape index (κ1) is 34.0. The van der Waals surface area contributed by atoms with Crippen LogP contribution in [0.5, 0.6) is 5.75 Å². The number of hydrogen-bond acceptors (Lipinski definition) is 2. The number of para-hydroxylation sites is 1. The van der Waals surface area contributed by atoms with E-state index in [0.717, 1.165) is 5.75 Å². The summed E-state index contributed by atoms with van der Waals surface area (Å²) < 4.78 is 6.10. The Labute approximate surface area is 316 Å². The number of rotatable bonds is 2. The Morgan fingerprint density at radius 2 is 0.849 bits per heavy atom. The molecule has 1 aliphatic rings. The Morgan fingerprint density at radius 1 is 0.358 bits per heavy atom. The van der Waals surface area contributed by atoms with Crippen molar-refractivity contribution >= 4 is 44.4 Å². The van der Waals surface area contributed by atoms with Crippen LogP contribution in [0.4, 0.5) is 0 Å². The number of benzene rings is 9. The highest BCUT2D eigenvalue weighted by Gasteiger charge is 2.24. The van der Waals surface area contributed by atoms with Crippen molar-refractivity contribution in [3.63, 3.8) is 0 Å². The molecule has 0 saturated heterocycles. The van der Waals surface area contributed by atoms with Crippen molar-refractivity contribution in [2.24, 2.45) is 0 Å². The monoisotopic (exact) mass is 700 g/mol. The van der Waals surface area contributed by atoms with Crippen LogP contribution >= 0.6 is 12.0 Å². The zero-order valence-corrected chi connectivity index (χ0v) is 31.0. The van der Waals surface area contributed by atoms with Gasteiger partial charge in [0, 0.05) is 11.1 Å². The van der Waals surface area contributed by atoms with Crippen LogP contribution in [0.1, 0.15) is 16.7 Å². The van der Waals surface area contributed by atoms with Crippen molar-refractivity contribution < 1.29 is 4.18 Å². The van der Waals surface area contributed by atoms with Crippen LogP contribution in [0.3, 0.4) is 0 Å². The standard InChI is InChI=1S/C31H20OS.C13H12.C7H8/c1-19-14-16-21(31-30(19)27-12-6-7-13-29(27)32-33-31)20-15-17-26-24-10-3-2-8-22(24)23-9-4-5-11-25(23)28(26)18-20;1-11-7-9-13(10-8-11)12-5-3-2-4-6-12;1-7-5-3-2-4-6-7/h2-18H,1H3;2-10H,1H3;2-6H,1H3. The van der Waals surface area contributed by atoms with E-state index in [-0.39, 0.29) is 0 Å². The molecule has 0 saturated carbocycles. The smallest absolute Gasteiger partial charge is 0.145 e. The average Bonchev–Trinajstić information content (AvgIpc) is 3.22. The Kier molecular flexibility index (Phi) is 9.79. The largest absolute Gasteiger partial charge is 0.420 e. The van der Waals surface area contributed by atoms with Gasteiger partial charge in [-0.1, -0.05) is 187 Å². The molecule has 0 N–H and O–H groups in total. The first-order valence-electron chi connectivity index (χ1n) is 18.1. The van der Waals surface area contributed by atoms with Crippen LogP contribution in [0.25, 0.3) is 65.7 Å². The molecule has 1 aliphatic heterocycles. The van der Waals surface area contributed by atoms with Gasteiger partial charge in [-0.05, 0) is 93.0 Å². The van der Waals surface area contributed by atoms with Gasteiger partial charge in [0.25, 0.3) is 0 Å². The molecule has 1 heterocycles. The third-order valence-electron chi connectivity index (χ3n) is 9.89. The van der Waals surface area contributed by atoms with Crippen molar-refractivity contribution in [1.82, 2.24) is 0 Å². The predicted octanol–water partition coefficient (Wildman–Crippen LogP) is 14.8. The summed E-state index contributed by atoms with van der Waals surface area (Å²) in [6.45, 7) is 6.38. The summed E-state index contributed by atoms with van der Waals surface area (Å²) in [5, 5.41) is 7.79. The zero-order valence-electron chi connectivity index (χ0n) is 30.2. The highest BCUT2D eigenvalue weighted by atomic mass is 32.2. The van der Waals surface area contributed by atoms with Gasteiger partial charge in [-0.15, -0.1) is 0 Å². The van der Waals surface area contributed by atoms with E-state index >= 15 is 0 Å². The van der Waals surface area contributed by atoms with Gasteiger partial charge >= 0.3 is 0 Å². The molecule has 1 nitrogen and oxygen atoms in total. The van der Waals surface area contributed by atoms with E-state index in [1.165, 1.54) is 99.3 Å². The highest BCUT2D eigenvalue weighted by molar-refractivity contribution is 7.95. The van der Waals surface area contributed by atoms with Crippen molar-refractivity contribution in [2.45, 2.75) is 25.7 Å². The van der Waals surface area contributed by atoms with Crippen LogP contribution in [-0.4, -0.2) is 0 Å². The summed E-state index contributed by atoms with van der Waals surface area (Å²) in [7, 11) is 0. The summed E-state index contributed by atoms with van der Waals surface area (Å²) in [5.41, 5.74) is 11.3. The van der Waals surface area contributed by atoms with Gasteiger partial charge in [0.1, 0.15) is 5.75 Å². The van der Waals surface area contributed by atoms with E-state index in [2.05, 4.69) is 172 Å². The Balaban J connectivity index is 0.000000163. The quantitative estimate of drug-likeness (QED) is 0.131. The zero-order chi connectivity index (χ0) is 36.1. The summed E-state index contributed by atoms with van der Waals surface area (Å²) in [4.78, 5) is 1.19. The second kappa shape index (κ2) is 15.3. The van der Waals surface area contributed by atoms with E-state index in [1.807, 2.05) is 36.4 Å². The fraction of sp³-hybridized carbons (Fsp3) is 0.0588. The minimum Gasteiger partial charge on any atom is -0.420 e. The van der Waals surface area contributed by atoms with E-state index in [4.69, 9.17) is 4.18 Å². The van der Waals surface area contributed by atoms with E-state index in [9.17, 15) is 0 Å². The molecular formula is C51H40OS. The van der Waals surface area contributed by atoms with Gasteiger partial charge in [0.05, 0.1) is 16.9 Å². The minimum atomic E-state index is 0.936. The summed E-state index contributed by atoms with van der Waals surface area (Å²) in [6, 6.07) is 66.4. The first-order valence-corrected chi connectivity index (χ1v) is 18.8. The molecular weight excluding hydrogens is 661 g/mol. The molecule has 9 aromatic rings. The molecule has 0 atom stereocenters. The maximum absolute atomic E-state index is 6.10.